The predicted molar refractivity (Wildman–Crippen MR) is 135 cm³/mol. The van der Waals surface area contributed by atoms with Gasteiger partial charge in [0, 0.05) is 6.54 Å². The fourth-order valence-electron chi connectivity index (χ4n) is 3.51. The van der Waals surface area contributed by atoms with Crippen LogP contribution in [-0.2, 0) is 21.2 Å². The quantitative estimate of drug-likeness (QED) is 0.383. The summed E-state index contributed by atoms with van der Waals surface area (Å²) in [5.74, 6) is 1.25. The van der Waals surface area contributed by atoms with E-state index < -0.39 is 22.5 Å². The van der Waals surface area contributed by atoms with E-state index >= 15 is 0 Å². The summed E-state index contributed by atoms with van der Waals surface area (Å²) in [7, 11) is 0.515. The van der Waals surface area contributed by atoms with Gasteiger partial charge < -0.3 is 19.5 Å². The average molecular weight is 499 g/mol. The lowest BCUT2D eigenvalue weighted by Gasteiger charge is -2.25. The summed E-state index contributed by atoms with van der Waals surface area (Å²) in [5, 5.41) is 2.82. The molecule has 3 aromatic carbocycles. The number of rotatable bonds is 12. The summed E-state index contributed by atoms with van der Waals surface area (Å²) < 4.78 is 43.8. The molecular weight excluding hydrogens is 468 g/mol. The Morgan fingerprint density at radius 3 is 2.03 bits per heavy atom. The molecule has 0 aliphatic rings. The molecule has 0 unspecified atom stereocenters. The molecule has 0 heterocycles. The molecule has 186 valence electrons. The average Bonchev–Trinajstić information content (AvgIpc) is 2.90. The van der Waals surface area contributed by atoms with Crippen LogP contribution in [0.2, 0.25) is 0 Å². The molecule has 0 fully saturated rings. The van der Waals surface area contributed by atoms with Crippen molar-refractivity contribution in [3.8, 4) is 17.2 Å². The maximum absolute atomic E-state index is 13.5. The van der Waals surface area contributed by atoms with Gasteiger partial charge in [0.25, 0.3) is 10.0 Å². The normalized spacial score (nSPS) is 10.9. The highest BCUT2D eigenvalue weighted by molar-refractivity contribution is 7.92. The van der Waals surface area contributed by atoms with Crippen LogP contribution in [0.4, 0.5) is 5.69 Å². The lowest BCUT2D eigenvalue weighted by molar-refractivity contribution is -0.119. The van der Waals surface area contributed by atoms with Crippen molar-refractivity contribution in [3.63, 3.8) is 0 Å². The minimum atomic E-state index is -4.06. The summed E-state index contributed by atoms with van der Waals surface area (Å²) in [6.07, 6.45) is 1.47. The van der Waals surface area contributed by atoms with Gasteiger partial charge >= 0.3 is 0 Å². The van der Waals surface area contributed by atoms with Crippen molar-refractivity contribution < 1.29 is 27.4 Å². The number of carbonyl (C=O) groups excluding carboxylic acids is 1. The van der Waals surface area contributed by atoms with Crippen LogP contribution in [0.15, 0.2) is 77.7 Å². The second-order valence-corrected chi connectivity index (χ2v) is 9.52. The van der Waals surface area contributed by atoms with Crippen molar-refractivity contribution in [2.24, 2.45) is 0 Å². The Kier molecular flexibility index (Phi) is 8.97. The van der Waals surface area contributed by atoms with Gasteiger partial charge in [0.2, 0.25) is 5.91 Å². The highest BCUT2D eigenvalue weighted by Gasteiger charge is 2.29. The fourth-order valence-corrected chi connectivity index (χ4v) is 4.94. The molecule has 0 aromatic heterocycles. The van der Waals surface area contributed by atoms with Gasteiger partial charge in [-0.3, -0.25) is 9.10 Å². The van der Waals surface area contributed by atoms with Crippen molar-refractivity contribution in [2.45, 2.75) is 17.7 Å². The van der Waals surface area contributed by atoms with E-state index in [1.54, 1.807) is 43.5 Å². The standard InChI is InChI=1S/C26H30N2O6S/c1-32-21-12-10-20(11-13-21)7-6-18-27-26(29)19-28(24-8-4-5-9-25(24)34-3)35(30,31)23-16-14-22(33-2)15-17-23/h4-5,8-17H,6-7,18-19H2,1-3H3,(H,27,29). The second-order valence-electron chi connectivity index (χ2n) is 7.66. The molecule has 3 rings (SSSR count). The number of nitrogens with zero attached hydrogens (tertiary/aromatic N) is 1. The number of sulfonamides is 1. The summed E-state index contributed by atoms with van der Waals surface area (Å²) >= 11 is 0. The number of nitrogens with one attached hydrogen (secondary N) is 1. The van der Waals surface area contributed by atoms with E-state index in [1.165, 1.54) is 26.4 Å². The summed E-state index contributed by atoms with van der Waals surface area (Å²) in [6, 6.07) is 20.4. The zero-order valence-electron chi connectivity index (χ0n) is 20.1. The SMILES string of the molecule is COc1ccc(CCCNC(=O)CN(c2ccccc2OC)S(=O)(=O)c2ccc(OC)cc2)cc1. The van der Waals surface area contributed by atoms with Gasteiger partial charge in [0.15, 0.2) is 0 Å². The third kappa shape index (κ3) is 6.66. The van der Waals surface area contributed by atoms with Crippen LogP contribution in [0.25, 0.3) is 0 Å². The van der Waals surface area contributed by atoms with Crippen LogP contribution in [0.5, 0.6) is 17.2 Å². The van der Waals surface area contributed by atoms with Gasteiger partial charge in [-0.05, 0) is 66.9 Å². The van der Waals surface area contributed by atoms with Gasteiger partial charge in [0.05, 0.1) is 31.9 Å². The van der Waals surface area contributed by atoms with E-state index in [2.05, 4.69) is 5.32 Å². The number of hydrogen-bond acceptors (Lipinski definition) is 6. The Morgan fingerprint density at radius 2 is 1.43 bits per heavy atom. The first-order valence-corrected chi connectivity index (χ1v) is 12.5. The Bertz CT molecular complexity index is 1210. The molecule has 0 aliphatic heterocycles. The van der Waals surface area contributed by atoms with Crippen LogP contribution >= 0.6 is 0 Å². The molecule has 1 N–H and O–H groups in total. The molecule has 1 amide bonds. The zero-order chi connectivity index (χ0) is 25.3. The van der Waals surface area contributed by atoms with Crippen molar-refractivity contribution in [1.82, 2.24) is 5.32 Å². The number of ether oxygens (including phenoxy) is 3. The van der Waals surface area contributed by atoms with Crippen molar-refractivity contribution in [2.75, 3.05) is 38.7 Å². The van der Waals surface area contributed by atoms with Crippen LogP contribution in [-0.4, -0.2) is 48.7 Å². The predicted octanol–water partition coefficient (Wildman–Crippen LogP) is 3.66. The van der Waals surface area contributed by atoms with E-state index in [4.69, 9.17) is 14.2 Å². The minimum Gasteiger partial charge on any atom is -0.497 e. The number of anilines is 1. The largest absolute Gasteiger partial charge is 0.497 e. The number of amides is 1. The zero-order valence-corrected chi connectivity index (χ0v) is 20.9. The molecular formula is C26H30N2O6S. The third-order valence-corrected chi connectivity index (χ3v) is 7.19. The second kappa shape index (κ2) is 12.1. The molecule has 0 saturated carbocycles. The first kappa shape index (κ1) is 25.9. The Balaban J connectivity index is 1.73. The molecule has 0 atom stereocenters. The summed E-state index contributed by atoms with van der Waals surface area (Å²) in [4.78, 5) is 12.8. The number of benzene rings is 3. The molecule has 8 nitrogen and oxygen atoms in total. The van der Waals surface area contributed by atoms with Gasteiger partial charge in [-0.2, -0.15) is 0 Å². The number of carbonyl (C=O) groups is 1. The smallest absolute Gasteiger partial charge is 0.264 e. The molecule has 35 heavy (non-hydrogen) atoms. The first-order chi connectivity index (χ1) is 16.9. The molecule has 3 aromatic rings. The Hall–Kier alpha value is -3.72. The van der Waals surface area contributed by atoms with Crippen LogP contribution in [0, 0.1) is 0 Å². The van der Waals surface area contributed by atoms with Gasteiger partial charge in [-0.15, -0.1) is 0 Å². The number of aryl methyl sites for hydroxylation is 1. The van der Waals surface area contributed by atoms with Gasteiger partial charge in [-0.1, -0.05) is 24.3 Å². The Morgan fingerprint density at radius 1 is 0.829 bits per heavy atom. The fraction of sp³-hybridized carbons (Fsp3) is 0.269. The van der Waals surface area contributed by atoms with E-state index in [0.717, 1.165) is 22.0 Å². The number of para-hydroxylation sites is 2. The maximum Gasteiger partial charge on any atom is 0.264 e. The minimum absolute atomic E-state index is 0.0384. The van der Waals surface area contributed by atoms with E-state index in [0.29, 0.717) is 24.5 Å². The van der Waals surface area contributed by atoms with E-state index in [-0.39, 0.29) is 10.6 Å². The topological polar surface area (TPSA) is 94.2 Å². The molecule has 0 saturated heterocycles. The van der Waals surface area contributed by atoms with Gasteiger partial charge in [0.1, 0.15) is 23.8 Å². The van der Waals surface area contributed by atoms with E-state index in [9.17, 15) is 13.2 Å². The monoisotopic (exact) mass is 498 g/mol. The van der Waals surface area contributed by atoms with Crippen LogP contribution in [0.3, 0.4) is 0 Å². The molecule has 0 aliphatic carbocycles. The molecule has 9 heteroatoms. The van der Waals surface area contributed by atoms with E-state index in [1.807, 2.05) is 24.3 Å². The maximum atomic E-state index is 13.5. The van der Waals surface area contributed by atoms with Crippen molar-refractivity contribution in [3.05, 3.63) is 78.4 Å². The van der Waals surface area contributed by atoms with Crippen molar-refractivity contribution >= 4 is 21.6 Å². The highest BCUT2D eigenvalue weighted by Crippen LogP contribution is 2.32. The summed E-state index contributed by atoms with van der Waals surface area (Å²) in [6.45, 7) is 0.0183. The molecule has 0 radical (unpaired) electrons. The number of methoxy groups -OCH3 is 3. The van der Waals surface area contributed by atoms with Crippen LogP contribution < -0.4 is 23.8 Å². The lowest BCUT2D eigenvalue weighted by atomic mass is 10.1. The van der Waals surface area contributed by atoms with Crippen molar-refractivity contribution in [1.29, 1.82) is 0 Å². The first-order valence-electron chi connectivity index (χ1n) is 11.1. The van der Waals surface area contributed by atoms with Crippen LogP contribution in [0.1, 0.15) is 12.0 Å². The highest BCUT2D eigenvalue weighted by atomic mass is 32.2. The molecule has 0 bridgehead atoms. The van der Waals surface area contributed by atoms with Gasteiger partial charge in [-0.25, -0.2) is 8.42 Å². The Labute approximate surface area is 206 Å². The number of hydrogen-bond donors (Lipinski definition) is 1. The third-order valence-electron chi connectivity index (χ3n) is 5.41. The molecule has 0 spiro atoms. The lowest BCUT2D eigenvalue weighted by Crippen LogP contribution is -2.41. The summed E-state index contributed by atoms with van der Waals surface area (Å²) in [5.41, 5.74) is 1.40.